The first-order chi connectivity index (χ1) is 15.5. The monoisotopic (exact) mass is 473 g/mol. The molecule has 4 rings (SSSR count). The number of nitrogens with zero attached hydrogens (tertiary/aromatic N) is 3. The van der Waals surface area contributed by atoms with Gasteiger partial charge in [0.2, 0.25) is 0 Å². The summed E-state index contributed by atoms with van der Waals surface area (Å²) in [6.45, 7) is 4.75. The Bertz CT molecular complexity index is 1110. The fourth-order valence-corrected chi connectivity index (χ4v) is 4.82. The molecule has 0 radical (unpaired) electrons. The third-order valence-corrected chi connectivity index (χ3v) is 6.47. The number of hydrogen-bond acceptors (Lipinski definition) is 7. The number of esters is 1. The molecule has 168 valence electrons. The SMILES string of the molecule is CCOC(=O)Cc1cccc(OCC(=O)N2CCN(c3nc4ccc(Cl)cc4s3)CC2)c1. The van der Waals surface area contributed by atoms with E-state index in [4.69, 9.17) is 21.1 Å². The van der Waals surface area contributed by atoms with Crippen molar-refractivity contribution in [3.8, 4) is 5.75 Å². The Labute approximate surface area is 195 Å². The quantitative estimate of drug-likeness (QED) is 0.486. The molecule has 0 N–H and O–H groups in total. The van der Waals surface area contributed by atoms with Crippen molar-refractivity contribution in [2.75, 3.05) is 44.3 Å². The number of carbonyl (C=O) groups excluding carboxylic acids is 2. The van der Waals surface area contributed by atoms with E-state index >= 15 is 0 Å². The van der Waals surface area contributed by atoms with Gasteiger partial charge in [-0.3, -0.25) is 9.59 Å². The molecule has 1 saturated heterocycles. The molecule has 0 saturated carbocycles. The van der Waals surface area contributed by atoms with Crippen molar-refractivity contribution in [3.63, 3.8) is 0 Å². The summed E-state index contributed by atoms with van der Waals surface area (Å²) in [4.78, 5) is 33.0. The van der Waals surface area contributed by atoms with Gasteiger partial charge in [0, 0.05) is 31.2 Å². The van der Waals surface area contributed by atoms with Crippen molar-refractivity contribution in [2.24, 2.45) is 0 Å². The Kier molecular flexibility index (Phi) is 7.12. The normalized spacial score (nSPS) is 13.9. The second-order valence-corrected chi connectivity index (χ2v) is 8.84. The van der Waals surface area contributed by atoms with E-state index in [-0.39, 0.29) is 24.9 Å². The van der Waals surface area contributed by atoms with Gasteiger partial charge in [-0.15, -0.1) is 0 Å². The summed E-state index contributed by atoms with van der Waals surface area (Å²) >= 11 is 7.69. The number of piperazine rings is 1. The van der Waals surface area contributed by atoms with E-state index < -0.39 is 0 Å². The number of amides is 1. The number of ether oxygens (including phenoxy) is 2. The maximum Gasteiger partial charge on any atom is 0.310 e. The van der Waals surface area contributed by atoms with Gasteiger partial charge in [0.15, 0.2) is 11.7 Å². The molecule has 0 atom stereocenters. The van der Waals surface area contributed by atoms with Crippen LogP contribution in [0, 0.1) is 0 Å². The van der Waals surface area contributed by atoms with Crippen LogP contribution in [0.3, 0.4) is 0 Å². The lowest BCUT2D eigenvalue weighted by Crippen LogP contribution is -2.50. The molecule has 0 unspecified atom stereocenters. The second kappa shape index (κ2) is 10.2. The van der Waals surface area contributed by atoms with Crippen molar-refractivity contribution < 1.29 is 19.1 Å². The molecule has 1 amide bonds. The average molecular weight is 474 g/mol. The number of thiazole rings is 1. The van der Waals surface area contributed by atoms with E-state index in [1.807, 2.05) is 29.2 Å². The van der Waals surface area contributed by atoms with Crippen molar-refractivity contribution >= 4 is 50.2 Å². The molecule has 1 aliphatic heterocycles. The minimum absolute atomic E-state index is 0.0392. The Morgan fingerprint density at radius 2 is 1.94 bits per heavy atom. The van der Waals surface area contributed by atoms with Crippen LogP contribution in [-0.4, -0.2) is 61.2 Å². The van der Waals surface area contributed by atoms with Crippen molar-refractivity contribution in [3.05, 3.63) is 53.1 Å². The van der Waals surface area contributed by atoms with E-state index in [1.165, 1.54) is 0 Å². The number of carbonyl (C=O) groups is 2. The number of fused-ring (bicyclic) bond motifs is 1. The molecular formula is C23H24ClN3O4S. The smallest absolute Gasteiger partial charge is 0.310 e. The Hall–Kier alpha value is -2.84. The van der Waals surface area contributed by atoms with Crippen LogP contribution in [0.25, 0.3) is 10.2 Å². The van der Waals surface area contributed by atoms with Crippen LogP contribution in [0.2, 0.25) is 5.02 Å². The Balaban J connectivity index is 1.28. The molecule has 1 aromatic heterocycles. The minimum atomic E-state index is -0.283. The van der Waals surface area contributed by atoms with Gasteiger partial charge >= 0.3 is 5.97 Å². The molecule has 9 heteroatoms. The maximum absolute atomic E-state index is 12.6. The number of hydrogen-bond donors (Lipinski definition) is 0. The zero-order valence-electron chi connectivity index (χ0n) is 17.8. The van der Waals surface area contributed by atoms with Crippen molar-refractivity contribution in [1.82, 2.24) is 9.88 Å². The molecule has 2 heterocycles. The molecule has 0 spiro atoms. The van der Waals surface area contributed by atoms with Gasteiger partial charge in [-0.25, -0.2) is 4.98 Å². The van der Waals surface area contributed by atoms with Crippen LogP contribution in [0.5, 0.6) is 5.75 Å². The van der Waals surface area contributed by atoms with Gasteiger partial charge in [-0.1, -0.05) is 35.1 Å². The first kappa shape index (κ1) is 22.4. The van der Waals surface area contributed by atoms with Gasteiger partial charge in [0.05, 0.1) is 23.2 Å². The summed E-state index contributed by atoms with van der Waals surface area (Å²) in [5.74, 6) is 0.221. The molecule has 0 aliphatic carbocycles. The highest BCUT2D eigenvalue weighted by atomic mass is 35.5. The number of aromatic nitrogens is 1. The van der Waals surface area contributed by atoms with E-state index in [0.717, 1.165) is 20.9 Å². The lowest BCUT2D eigenvalue weighted by Gasteiger charge is -2.34. The summed E-state index contributed by atoms with van der Waals surface area (Å²) < 4.78 is 11.7. The second-order valence-electron chi connectivity index (χ2n) is 7.39. The number of rotatable bonds is 7. The predicted molar refractivity (Wildman–Crippen MR) is 126 cm³/mol. The van der Waals surface area contributed by atoms with Gasteiger partial charge < -0.3 is 19.3 Å². The summed E-state index contributed by atoms with van der Waals surface area (Å²) in [7, 11) is 0. The van der Waals surface area contributed by atoms with E-state index in [0.29, 0.717) is 43.6 Å². The fourth-order valence-electron chi connectivity index (χ4n) is 3.53. The summed E-state index contributed by atoms with van der Waals surface area (Å²) in [5, 5.41) is 1.65. The molecule has 1 fully saturated rings. The predicted octanol–water partition coefficient (Wildman–Crippen LogP) is 3.78. The molecule has 1 aliphatic rings. The number of anilines is 1. The lowest BCUT2D eigenvalue weighted by molar-refractivity contribution is -0.142. The van der Waals surface area contributed by atoms with Crippen molar-refractivity contribution in [1.29, 1.82) is 0 Å². The fraction of sp³-hybridized carbons (Fsp3) is 0.348. The van der Waals surface area contributed by atoms with Gasteiger partial charge in [-0.05, 0) is 42.8 Å². The first-order valence-electron chi connectivity index (χ1n) is 10.5. The van der Waals surface area contributed by atoms with Crippen LogP contribution < -0.4 is 9.64 Å². The van der Waals surface area contributed by atoms with Gasteiger partial charge in [0.25, 0.3) is 5.91 Å². The van der Waals surface area contributed by atoms with Crippen LogP contribution in [0.4, 0.5) is 5.13 Å². The molecule has 2 aromatic carbocycles. The molecular weight excluding hydrogens is 450 g/mol. The van der Waals surface area contributed by atoms with E-state index in [9.17, 15) is 9.59 Å². The third kappa shape index (κ3) is 5.49. The largest absolute Gasteiger partial charge is 0.484 e. The summed E-state index contributed by atoms with van der Waals surface area (Å²) in [6.07, 6.45) is 0.179. The zero-order valence-corrected chi connectivity index (χ0v) is 19.3. The first-order valence-corrected chi connectivity index (χ1v) is 11.7. The average Bonchev–Trinajstić information content (AvgIpc) is 3.21. The van der Waals surface area contributed by atoms with Crippen LogP contribution >= 0.6 is 22.9 Å². The summed E-state index contributed by atoms with van der Waals surface area (Å²) in [6, 6.07) is 12.9. The maximum atomic E-state index is 12.6. The van der Waals surface area contributed by atoms with Crippen molar-refractivity contribution in [2.45, 2.75) is 13.3 Å². The molecule has 3 aromatic rings. The van der Waals surface area contributed by atoms with E-state index in [2.05, 4.69) is 9.88 Å². The number of benzene rings is 2. The highest BCUT2D eigenvalue weighted by molar-refractivity contribution is 7.22. The van der Waals surface area contributed by atoms with Crippen LogP contribution in [0.1, 0.15) is 12.5 Å². The Morgan fingerprint density at radius 1 is 1.12 bits per heavy atom. The van der Waals surface area contributed by atoms with Gasteiger partial charge in [-0.2, -0.15) is 0 Å². The Morgan fingerprint density at radius 3 is 2.72 bits per heavy atom. The number of halogens is 1. The molecule has 0 bridgehead atoms. The standard InChI is InChI=1S/C23H24ClN3O4S/c1-2-30-22(29)13-16-4-3-5-18(12-16)31-15-21(28)26-8-10-27(11-9-26)23-25-19-7-6-17(24)14-20(19)32-23/h3-7,12,14H,2,8-11,13,15H2,1H3. The lowest BCUT2D eigenvalue weighted by atomic mass is 10.1. The minimum Gasteiger partial charge on any atom is -0.484 e. The zero-order chi connectivity index (χ0) is 22.5. The molecule has 32 heavy (non-hydrogen) atoms. The third-order valence-electron chi connectivity index (χ3n) is 5.16. The molecule has 7 nitrogen and oxygen atoms in total. The summed E-state index contributed by atoms with van der Waals surface area (Å²) in [5.41, 5.74) is 1.73. The van der Waals surface area contributed by atoms with Crippen LogP contribution in [0.15, 0.2) is 42.5 Å². The highest BCUT2D eigenvalue weighted by Gasteiger charge is 2.23. The van der Waals surface area contributed by atoms with E-state index in [1.54, 1.807) is 36.5 Å². The van der Waals surface area contributed by atoms with Crippen LogP contribution in [-0.2, 0) is 20.7 Å². The highest BCUT2D eigenvalue weighted by Crippen LogP contribution is 2.31. The topological polar surface area (TPSA) is 72.0 Å². The van der Waals surface area contributed by atoms with Gasteiger partial charge in [0.1, 0.15) is 5.75 Å².